The SMILES string of the molecule is Cc1nn(C)c2nc(-c3ccccn3)nc(NC[C@H](c3ccco3)N(C)C)c12. The third-order valence-electron chi connectivity index (χ3n) is 4.71. The van der Waals surface area contributed by atoms with Gasteiger partial charge in [0, 0.05) is 19.8 Å². The molecule has 0 unspecified atom stereocenters. The van der Waals surface area contributed by atoms with Crippen LogP contribution in [0.25, 0.3) is 22.6 Å². The first kappa shape index (κ1) is 18.1. The fourth-order valence-corrected chi connectivity index (χ4v) is 3.29. The number of pyridine rings is 1. The van der Waals surface area contributed by atoms with Gasteiger partial charge in [0.15, 0.2) is 11.5 Å². The third-order valence-corrected chi connectivity index (χ3v) is 4.71. The molecule has 8 heteroatoms. The highest BCUT2D eigenvalue weighted by molar-refractivity contribution is 5.90. The summed E-state index contributed by atoms with van der Waals surface area (Å²) in [7, 11) is 5.94. The molecule has 0 radical (unpaired) electrons. The van der Waals surface area contributed by atoms with E-state index >= 15 is 0 Å². The summed E-state index contributed by atoms with van der Waals surface area (Å²) in [6, 6.07) is 9.65. The van der Waals surface area contributed by atoms with Gasteiger partial charge >= 0.3 is 0 Å². The monoisotopic (exact) mass is 377 g/mol. The fourth-order valence-electron chi connectivity index (χ4n) is 3.29. The molecular formula is C20H23N7O. The Kier molecular flexibility index (Phi) is 4.79. The molecule has 1 N–H and O–H groups in total. The van der Waals surface area contributed by atoms with Crippen LogP contribution in [0.5, 0.6) is 0 Å². The lowest BCUT2D eigenvalue weighted by molar-refractivity contribution is 0.269. The van der Waals surface area contributed by atoms with Crippen LogP contribution >= 0.6 is 0 Å². The molecule has 0 bridgehead atoms. The normalized spacial score (nSPS) is 12.6. The molecule has 144 valence electrons. The topological polar surface area (TPSA) is 84.9 Å². The van der Waals surface area contributed by atoms with E-state index in [0.29, 0.717) is 12.4 Å². The van der Waals surface area contributed by atoms with Gasteiger partial charge in [0.05, 0.1) is 23.4 Å². The van der Waals surface area contributed by atoms with Gasteiger partial charge in [0.1, 0.15) is 17.3 Å². The largest absolute Gasteiger partial charge is 0.468 e. The highest BCUT2D eigenvalue weighted by Gasteiger charge is 2.20. The summed E-state index contributed by atoms with van der Waals surface area (Å²) in [6.07, 6.45) is 3.43. The number of aromatic nitrogens is 5. The van der Waals surface area contributed by atoms with E-state index in [-0.39, 0.29) is 6.04 Å². The Balaban J connectivity index is 1.75. The average molecular weight is 377 g/mol. The van der Waals surface area contributed by atoms with Gasteiger partial charge in [-0.1, -0.05) is 6.07 Å². The zero-order chi connectivity index (χ0) is 19.7. The van der Waals surface area contributed by atoms with Crippen molar-refractivity contribution >= 4 is 16.9 Å². The van der Waals surface area contributed by atoms with Crippen LogP contribution in [0.15, 0.2) is 47.2 Å². The smallest absolute Gasteiger partial charge is 0.182 e. The minimum atomic E-state index is 0.0651. The van der Waals surface area contributed by atoms with E-state index in [4.69, 9.17) is 14.4 Å². The molecule has 4 rings (SSSR count). The maximum Gasteiger partial charge on any atom is 0.182 e. The number of aryl methyl sites for hydroxylation is 2. The molecule has 0 saturated carbocycles. The predicted molar refractivity (Wildman–Crippen MR) is 108 cm³/mol. The summed E-state index contributed by atoms with van der Waals surface area (Å²) >= 11 is 0. The molecule has 0 saturated heterocycles. The maximum absolute atomic E-state index is 5.61. The van der Waals surface area contributed by atoms with Crippen molar-refractivity contribution in [1.29, 1.82) is 0 Å². The van der Waals surface area contributed by atoms with Crippen LogP contribution in [0.4, 0.5) is 5.82 Å². The van der Waals surface area contributed by atoms with Crippen LogP contribution in [0.1, 0.15) is 17.5 Å². The average Bonchev–Trinajstić information content (AvgIpc) is 3.31. The Morgan fingerprint density at radius 2 is 2.04 bits per heavy atom. The van der Waals surface area contributed by atoms with Gasteiger partial charge in [-0.05, 0) is 45.3 Å². The van der Waals surface area contributed by atoms with Crippen molar-refractivity contribution in [1.82, 2.24) is 29.6 Å². The van der Waals surface area contributed by atoms with Crippen molar-refractivity contribution in [2.24, 2.45) is 7.05 Å². The first-order valence-electron chi connectivity index (χ1n) is 9.11. The maximum atomic E-state index is 5.61. The molecule has 0 aliphatic heterocycles. The van der Waals surface area contributed by atoms with Gasteiger partial charge in [0.25, 0.3) is 0 Å². The highest BCUT2D eigenvalue weighted by atomic mass is 16.3. The van der Waals surface area contributed by atoms with E-state index in [1.807, 2.05) is 58.4 Å². The van der Waals surface area contributed by atoms with Crippen molar-refractivity contribution in [3.05, 3.63) is 54.2 Å². The fraction of sp³-hybridized carbons (Fsp3) is 0.300. The highest BCUT2D eigenvalue weighted by Crippen LogP contribution is 2.28. The zero-order valence-electron chi connectivity index (χ0n) is 16.4. The van der Waals surface area contributed by atoms with Gasteiger partial charge in [-0.3, -0.25) is 14.6 Å². The van der Waals surface area contributed by atoms with Crippen molar-refractivity contribution in [2.75, 3.05) is 26.0 Å². The lowest BCUT2D eigenvalue weighted by atomic mass is 10.2. The molecule has 0 aromatic carbocycles. The number of nitrogens with zero attached hydrogens (tertiary/aromatic N) is 6. The van der Waals surface area contributed by atoms with Crippen LogP contribution in [-0.2, 0) is 7.05 Å². The van der Waals surface area contributed by atoms with Crippen molar-refractivity contribution in [3.8, 4) is 11.5 Å². The van der Waals surface area contributed by atoms with E-state index < -0.39 is 0 Å². The number of furan rings is 1. The Hall–Kier alpha value is -3.26. The molecule has 0 spiro atoms. The third kappa shape index (κ3) is 3.34. The first-order chi connectivity index (χ1) is 13.5. The minimum Gasteiger partial charge on any atom is -0.468 e. The number of likely N-dealkylation sites (N-methyl/N-ethyl adjacent to an activating group) is 1. The van der Waals surface area contributed by atoms with Crippen molar-refractivity contribution in [2.45, 2.75) is 13.0 Å². The quantitative estimate of drug-likeness (QED) is 0.553. The first-order valence-corrected chi connectivity index (χ1v) is 9.11. The molecule has 4 heterocycles. The van der Waals surface area contributed by atoms with E-state index in [1.165, 1.54) is 0 Å². The van der Waals surface area contributed by atoms with E-state index in [2.05, 4.69) is 20.3 Å². The summed E-state index contributed by atoms with van der Waals surface area (Å²) in [4.78, 5) is 16.0. The van der Waals surface area contributed by atoms with Gasteiger partial charge in [0.2, 0.25) is 0 Å². The number of fused-ring (bicyclic) bond motifs is 1. The zero-order valence-corrected chi connectivity index (χ0v) is 16.4. The summed E-state index contributed by atoms with van der Waals surface area (Å²) in [5.74, 6) is 2.21. The minimum absolute atomic E-state index is 0.0651. The Bertz CT molecular complexity index is 1070. The number of anilines is 1. The molecule has 4 aromatic rings. The number of rotatable bonds is 6. The van der Waals surface area contributed by atoms with Gasteiger partial charge < -0.3 is 9.73 Å². The standard InChI is InChI=1S/C20H23N7O/c1-13-17-19(22-12-15(26(2)3)16-9-7-11-28-16)23-18(14-8-5-6-10-21-14)24-20(17)27(4)25-13/h5-11,15H,12H2,1-4H3,(H,22,23,24)/t15-/m1/s1. The van der Waals surface area contributed by atoms with Crippen LogP contribution in [-0.4, -0.2) is 50.3 Å². The van der Waals surface area contributed by atoms with Gasteiger partial charge in [-0.15, -0.1) is 0 Å². The van der Waals surface area contributed by atoms with Crippen LogP contribution < -0.4 is 5.32 Å². The molecule has 8 nitrogen and oxygen atoms in total. The molecule has 0 fully saturated rings. The molecule has 0 amide bonds. The summed E-state index contributed by atoms with van der Waals surface area (Å²) < 4.78 is 7.39. The van der Waals surface area contributed by atoms with Gasteiger partial charge in [-0.25, -0.2) is 9.97 Å². The van der Waals surface area contributed by atoms with Crippen molar-refractivity contribution in [3.63, 3.8) is 0 Å². The van der Waals surface area contributed by atoms with Crippen molar-refractivity contribution < 1.29 is 4.42 Å². The van der Waals surface area contributed by atoms with Gasteiger partial charge in [-0.2, -0.15) is 5.10 Å². The molecular weight excluding hydrogens is 354 g/mol. The van der Waals surface area contributed by atoms with Crippen LogP contribution in [0.2, 0.25) is 0 Å². The van der Waals surface area contributed by atoms with E-state index in [0.717, 1.165) is 34.0 Å². The summed E-state index contributed by atoms with van der Waals surface area (Å²) in [5, 5.41) is 8.93. The Morgan fingerprint density at radius 3 is 2.71 bits per heavy atom. The molecule has 4 aromatic heterocycles. The van der Waals surface area contributed by atoms with Crippen LogP contribution in [0.3, 0.4) is 0 Å². The Morgan fingerprint density at radius 1 is 1.18 bits per heavy atom. The molecule has 0 aliphatic carbocycles. The molecule has 1 atom stereocenters. The lowest BCUT2D eigenvalue weighted by Gasteiger charge is -2.23. The predicted octanol–water partition coefficient (Wildman–Crippen LogP) is 3.04. The summed E-state index contributed by atoms with van der Waals surface area (Å²) in [6.45, 7) is 2.59. The van der Waals surface area contributed by atoms with Crippen LogP contribution in [0, 0.1) is 6.92 Å². The number of hydrogen-bond donors (Lipinski definition) is 1. The summed E-state index contributed by atoms with van der Waals surface area (Å²) in [5.41, 5.74) is 2.38. The second kappa shape index (κ2) is 7.40. The van der Waals surface area contributed by atoms with E-state index in [9.17, 15) is 0 Å². The second-order valence-corrected chi connectivity index (χ2v) is 6.89. The Labute approximate surface area is 163 Å². The molecule has 28 heavy (non-hydrogen) atoms. The second-order valence-electron chi connectivity index (χ2n) is 6.89. The number of hydrogen-bond acceptors (Lipinski definition) is 7. The lowest BCUT2D eigenvalue weighted by Crippen LogP contribution is -2.26. The van der Waals surface area contributed by atoms with E-state index in [1.54, 1.807) is 17.1 Å². The molecule has 0 aliphatic rings. The number of nitrogens with one attached hydrogen (secondary N) is 1.